The Balaban J connectivity index is 2.03. The molecule has 110 valence electrons. The summed E-state index contributed by atoms with van der Waals surface area (Å²) in [5.74, 6) is 0.903. The number of nitrogens with one attached hydrogen (secondary N) is 1. The number of ether oxygens (including phenoxy) is 1. The van der Waals surface area contributed by atoms with Gasteiger partial charge >= 0.3 is 0 Å². The predicted octanol–water partition coefficient (Wildman–Crippen LogP) is 2.85. The van der Waals surface area contributed by atoms with Crippen molar-refractivity contribution in [2.24, 2.45) is 11.7 Å². The molecular formula is C16H24N2O2. The summed E-state index contributed by atoms with van der Waals surface area (Å²) in [5, 5.41) is 3.00. The molecule has 3 N–H and O–H groups in total. The van der Waals surface area contributed by atoms with Gasteiger partial charge in [-0.15, -0.1) is 0 Å². The van der Waals surface area contributed by atoms with Gasteiger partial charge in [-0.1, -0.05) is 6.07 Å². The molecule has 0 heterocycles. The number of aryl methyl sites for hydroxylation is 1. The summed E-state index contributed by atoms with van der Waals surface area (Å²) in [6.07, 6.45) is 3.63. The molecule has 1 saturated carbocycles. The van der Waals surface area contributed by atoms with Gasteiger partial charge in [0.15, 0.2) is 0 Å². The molecular weight excluding hydrogens is 252 g/mol. The van der Waals surface area contributed by atoms with Gasteiger partial charge in [0.25, 0.3) is 0 Å². The van der Waals surface area contributed by atoms with E-state index < -0.39 is 0 Å². The van der Waals surface area contributed by atoms with E-state index in [2.05, 4.69) is 5.32 Å². The fourth-order valence-corrected chi connectivity index (χ4v) is 2.62. The predicted molar refractivity (Wildman–Crippen MR) is 80.9 cm³/mol. The van der Waals surface area contributed by atoms with Crippen molar-refractivity contribution in [3.05, 3.63) is 23.8 Å². The maximum atomic E-state index is 12.3. The number of hydrogen-bond donors (Lipinski definition) is 2. The number of carbonyl (C=O) groups excluding carboxylic acids is 1. The lowest BCUT2D eigenvalue weighted by molar-refractivity contribution is -0.120. The van der Waals surface area contributed by atoms with Crippen molar-refractivity contribution >= 4 is 11.6 Å². The summed E-state index contributed by atoms with van der Waals surface area (Å²) < 4.78 is 5.59. The maximum absolute atomic E-state index is 12.3. The van der Waals surface area contributed by atoms with Crippen LogP contribution in [0.2, 0.25) is 0 Å². The van der Waals surface area contributed by atoms with E-state index in [4.69, 9.17) is 10.5 Å². The van der Waals surface area contributed by atoms with Gasteiger partial charge in [-0.2, -0.15) is 0 Å². The van der Waals surface area contributed by atoms with Crippen LogP contribution in [-0.4, -0.2) is 18.6 Å². The van der Waals surface area contributed by atoms with Crippen LogP contribution in [0.5, 0.6) is 5.75 Å². The lowest BCUT2D eigenvalue weighted by Gasteiger charge is -2.25. The van der Waals surface area contributed by atoms with Crippen molar-refractivity contribution in [3.8, 4) is 5.75 Å². The largest absolute Gasteiger partial charge is 0.492 e. The molecule has 0 unspecified atom stereocenters. The van der Waals surface area contributed by atoms with E-state index in [1.54, 1.807) is 0 Å². The molecule has 1 amide bonds. The van der Waals surface area contributed by atoms with Crippen LogP contribution in [0.15, 0.2) is 18.2 Å². The van der Waals surface area contributed by atoms with Crippen LogP contribution < -0.4 is 15.8 Å². The molecule has 0 radical (unpaired) electrons. The lowest BCUT2D eigenvalue weighted by Crippen LogP contribution is -2.32. The zero-order valence-electron chi connectivity index (χ0n) is 12.3. The Morgan fingerprint density at radius 1 is 1.35 bits per heavy atom. The fourth-order valence-electron chi connectivity index (χ4n) is 2.62. The van der Waals surface area contributed by atoms with Crippen LogP contribution in [-0.2, 0) is 4.79 Å². The molecule has 0 spiro atoms. The number of amides is 1. The average molecular weight is 276 g/mol. The first kappa shape index (κ1) is 14.9. The third kappa shape index (κ3) is 3.73. The molecule has 0 saturated heterocycles. The zero-order chi connectivity index (χ0) is 14.5. The highest BCUT2D eigenvalue weighted by Crippen LogP contribution is 2.29. The normalized spacial score (nSPS) is 22.4. The number of anilines is 1. The Morgan fingerprint density at radius 3 is 2.70 bits per heavy atom. The molecule has 1 fully saturated rings. The second kappa shape index (κ2) is 6.75. The molecule has 0 atom stereocenters. The first-order valence-corrected chi connectivity index (χ1v) is 7.40. The van der Waals surface area contributed by atoms with Gasteiger partial charge in [0.2, 0.25) is 5.91 Å². The molecule has 0 bridgehead atoms. The van der Waals surface area contributed by atoms with Crippen LogP contribution in [0.1, 0.15) is 38.2 Å². The molecule has 0 aromatic heterocycles. The number of nitrogens with two attached hydrogens (primary N) is 1. The van der Waals surface area contributed by atoms with Crippen LogP contribution in [0.25, 0.3) is 0 Å². The Hall–Kier alpha value is -1.55. The van der Waals surface area contributed by atoms with E-state index in [1.165, 1.54) is 0 Å². The van der Waals surface area contributed by atoms with Gasteiger partial charge in [-0.25, -0.2) is 0 Å². The van der Waals surface area contributed by atoms with Crippen molar-refractivity contribution < 1.29 is 9.53 Å². The van der Waals surface area contributed by atoms with E-state index in [-0.39, 0.29) is 17.9 Å². The topological polar surface area (TPSA) is 64.3 Å². The number of rotatable bonds is 4. The third-order valence-electron chi connectivity index (χ3n) is 3.84. The molecule has 1 aliphatic carbocycles. The van der Waals surface area contributed by atoms with Crippen LogP contribution >= 0.6 is 0 Å². The Morgan fingerprint density at radius 2 is 2.05 bits per heavy atom. The minimum Gasteiger partial charge on any atom is -0.492 e. The van der Waals surface area contributed by atoms with Crippen LogP contribution in [0, 0.1) is 12.8 Å². The van der Waals surface area contributed by atoms with Crippen molar-refractivity contribution in [1.29, 1.82) is 0 Å². The summed E-state index contributed by atoms with van der Waals surface area (Å²) in [6.45, 7) is 4.54. The van der Waals surface area contributed by atoms with E-state index in [1.807, 2.05) is 32.0 Å². The Bertz CT molecular complexity index is 466. The van der Waals surface area contributed by atoms with E-state index >= 15 is 0 Å². The van der Waals surface area contributed by atoms with Gasteiger partial charge in [-0.3, -0.25) is 4.79 Å². The molecule has 4 heteroatoms. The highest BCUT2D eigenvalue weighted by Gasteiger charge is 2.25. The van der Waals surface area contributed by atoms with Gasteiger partial charge < -0.3 is 15.8 Å². The number of carbonyl (C=O) groups is 1. The zero-order valence-corrected chi connectivity index (χ0v) is 12.3. The highest BCUT2D eigenvalue weighted by molar-refractivity contribution is 5.94. The Labute approximate surface area is 120 Å². The highest BCUT2D eigenvalue weighted by atomic mass is 16.5. The van der Waals surface area contributed by atoms with E-state index in [0.717, 1.165) is 42.7 Å². The summed E-state index contributed by atoms with van der Waals surface area (Å²) in [4.78, 5) is 12.3. The molecule has 20 heavy (non-hydrogen) atoms. The lowest BCUT2D eigenvalue weighted by atomic mass is 9.86. The number of hydrogen-bond acceptors (Lipinski definition) is 3. The molecule has 1 aromatic rings. The van der Waals surface area contributed by atoms with Crippen LogP contribution in [0.3, 0.4) is 0 Å². The third-order valence-corrected chi connectivity index (χ3v) is 3.84. The summed E-state index contributed by atoms with van der Waals surface area (Å²) in [6, 6.07) is 6.11. The monoisotopic (exact) mass is 276 g/mol. The molecule has 4 nitrogen and oxygen atoms in total. The maximum Gasteiger partial charge on any atom is 0.227 e. The minimum atomic E-state index is 0.0746. The SMILES string of the molecule is CCOc1cc(C)ccc1NC(=O)C1CCC(N)CC1. The first-order chi connectivity index (χ1) is 9.60. The van der Waals surface area contributed by atoms with Gasteiger partial charge in [0.05, 0.1) is 12.3 Å². The second-order valence-corrected chi connectivity index (χ2v) is 5.53. The standard InChI is InChI=1S/C16H24N2O2/c1-3-20-15-10-11(2)4-9-14(15)18-16(19)12-5-7-13(17)8-6-12/h4,9-10,12-13H,3,5-8,17H2,1-2H3,(H,18,19). The van der Waals surface area contributed by atoms with Gasteiger partial charge in [0, 0.05) is 12.0 Å². The fraction of sp³-hybridized carbons (Fsp3) is 0.562. The minimum absolute atomic E-state index is 0.0746. The summed E-state index contributed by atoms with van der Waals surface area (Å²) in [5.41, 5.74) is 7.76. The summed E-state index contributed by atoms with van der Waals surface area (Å²) in [7, 11) is 0. The second-order valence-electron chi connectivity index (χ2n) is 5.53. The van der Waals surface area contributed by atoms with E-state index in [9.17, 15) is 4.79 Å². The number of benzene rings is 1. The summed E-state index contributed by atoms with van der Waals surface area (Å²) >= 11 is 0. The molecule has 1 aliphatic rings. The van der Waals surface area contributed by atoms with Gasteiger partial charge in [-0.05, 0) is 57.2 Å². The molecule has 2 rings (SSSR count). The van der Waals surface area contributed by atoms with Gasteiger partial charge in [0.1, 0.15) is 5.75 Å². The smallest absolute Gasteiger partial charge is 0.227 e. The molecule has 1 aromatic carbocycles. The average Bonchev–Trinajstić information content (AvgIpc) is 2.43. The first-order valence-electron chi connectivity index (χ1n) is 7.40. The van der Waals surface area contributed by atoms with Crippen LogP contribution in [0.4, 0.5) is 5.69 Å². The van der Waals surface area contributed by atoms with Crippen molar-refractivity contribution in [2.75, 3.05) is 11.9 Å². The molecule has 0 aliphatic heterocycles. The van der Waals surface area contributed by atoms with Crippen molar-refractivity contribution in [3.63, 3.8) is 0 Å². The quantitative estimate of drug-likeness (QED) is 0.888. The van der Waals surface area contributed by atoms with Crippen molar-refractivity contribution in [2.45, 2.75) is 45.6 Å². The Kier molecular flexibility index (Phi) is 5.01. The van der Waals surface area contributed by atoms with E-state index in [0.29, 0.717) is 6.61 Å². The van der Waals surface area contributed by atoms with Crippen molar-refractivity contribution in [1.82, 2.24) is 0 Å².